The molecule has 1 aromatic rings. The summed E-state index contributed by atoms with van der Waals surface area (Å²) >= 11 is 6.02. The van der Waals surface area contributed by atoms with E-state index in [0.717, 1.165) is 19.5 Å². The highest BCUT2D eigenvalue weighted by Crippen LogP contribution is 2.21. The van der Waals surface area contributed by atoms with Crippen molar-refractivity contribution in [3.8, 4) is 0 Å². The van der Waals surface area contributed by atoms with Gasteiger partial charge in [-0.1, -0.05) is 30.2 Å². The molecule has 0 spiro atoms. The van der Waals surface area contributed by atoms with E-state index in [1.165, 1.54) is 12.8 Å². The van der Waals surface area contributed by atoms with Crippen molar-refractivity contribution < 1.29 is 4.79 Å². The average molecular weight is 296 g/mol. The second-order valence-electron chi connectivity index (χ2n) is 5.20. The Kier molecular flexibility index (Phi) is 5.83. The van der Waals surface area contributed by atoms with E-state index >= 15 is 0 Å². The molecule has 0 bridgehead atoms. The van der Waals surface area contributed by atoms with Crippen LogP contribution in [-0.2, 0) is 4.79 Å². The Morgan fingerprint density at radius 1 is 1.40 bits per heavy atom. The number of para-hydroxylation sites is 1. The van der Waals surface area contributed by atoms with Gasteiger partial charge in [-0.2, -0.15) is 0 Å². The average Bonchev–Trinajstić information content (AvgIpc) is 2.48. The minimum Gasteiger partial charge on any atom is -0.329 e. The summed E-state index contributed by atoms with van der Waals surface area (Å²) in [5.74, 6) is -0.000514. The van der Waals surface area contributed by atoms with Crippen LogP contribution in [0.1, 0.15) is 25.7 Å². The van der Waals surface area contributed by atoms with Gasteiger partial charge in [0.25, 0.3) is 0 Å². The summed E-state index contributed by atoms with van der Waals surface area (Å²) in [5.41, 5.74) is 6.46. The van der Waals surface area contributed by atoms with Gasteiger partial charge in [0.1, 0.15) is 0 Å². The molecular weight excluding hydrogens is 274 g/mol. The summed E-state index contributed by atoms with van der Waals surface area (Å²) in [7, 11) is 0. The largest absolute Gasteiger partial charge is 0.329 e. The van der Waals surface area contributed by atoms with Crippen molar-refractivity contribution >= 4 is 23.2 Å². The fraction of sp³-hybridized carbons (Fsp3) is 0.533. The normalized spacial score (nSPS) is 19.8. The number of nitrogens with two attached hydrogens (primary N) is 1. The quantitative estimate of drug-likeness (QED) is 0.877. The van der Waals surface area contributed by atoms with E-state index in [2.05, 4.69) is 10.2 Å². The lowest BCUT2D eigenvalue weighted by Crippen LogP contribution is -2.45. The number of halogens is 1. The molecule has 4 nitrogen and oxygen atoms in total. The first-order valence-electron chi connectivity index (χ1n) is 7.19. The molecule has 1 aliphatic rings. The van der Waals surface area contributed by atoms with Crippen molar-refractivity contribution in [1.29, 1.82) is 0 Å². The van der Waals surface area contributed by atoms with E-state index in [1.54, 1.807) is 6.07 Å². The molecule has 1 saturated heterocycles. The van der Waals surface area contributed by atoms with Gasteiger partial charge in [0, 0.05) is 25.6 Å². The van der Waals surface area contributed by atoms with Gasteiger partial charge >= 0.3 is 0 Å². The Morgan fingerprint density at radius 3 is 2.95 bits per heavy atom. The van der Waals surface area contributed by atoms with Crippen LogP contribution in [0, 0.1) is 0 Å². The fourth-order valence-electron chi connectivity index (χ4n) is 2.64. The van der Waals surface area contributed by atoms with E-state index in [-0.39, 0.29) is 5.91 Å². The monoisotopic (exact) mass is 295 g/mol. The number of anilines is 1. The Bertz CT molecular complexity index is 452. The molecule has 1 atom stereocenters. The molecule has 1 fully saturated rings. The minimum atomic E-state index is -0.000514. The zero-order valence-corrected chi connectivity index (χ0v) is 12.4. The van der Waals surface area contributed by atoms with Crippen molar-refractivity contribution in [2.45, 2.75) is 31.7 Å². The second-order valence-corrected chi connectivity index (χ2v) is 5.61. The van der Waals surface area contributed by atoms with Gasteiger partial charge in [0.05, 0.1) is 10.7 Å². The molecule has 3 N–H and O–H groups in total. The number of nitrogens with zero attached hydrogens (tertiary/aromatic N) is 1. The Morgan fingerprint density at radius 2 is 2.20 bits per heavy atom. The van der Waals surface area contributed by atoms with Crippen molar-refractivity contribution in [1.82, 2.24) is 4.90 Å². The summed E-state index contributed by atoms with van der Waals surface area (Å²) in [4.78, 5) is 14.3. The highest BCUT2D eigenvalue weighted by Gasteiger charge is 2.21. The maximum Gasteiger partial charge on any atom is 0.225 e. The van der Waals surface area contributed by atoms with Gasteiger partial charge in [-0.15, -0.1) is 0 Å². The van der Waals surface area contributed by atoms with Crippen LogP contribution in [-0.4, -0.2) is 36.5 Å². The molecule has 0 aliphatic carbocycles. The fourth-order valence-corrected chi connectivity index (χ4v) is 2.82. The molecule has 1 unspecified atom stereocenters. The Hall–Kier alpha value is -1.10. The van der Waals surface area contributed by atoms with Gasteiger partial charge in [0.2, 0.25) is 5.91 Å². The molecular formula is C15H22ClN3O. The third kappa shape index (κ3) is 4.20. The van der Waals surface area contributed by atoms with Gasteiger partial charge in [0.15, 0.2) is 0 Å². The number of nitrogens with one attached hydrogen (secondary N) is 1. The number of carbonyl (C=O) groups is 1. The lowest BCUT2D eigenvalue weighted by Gasteiger charge is -2.34. The van der Waals surface area contributed by atoms with Crippen molar-refractivity contribution in [2.75, 3.05) is 25.0 Å². The number of carbonyl (C=O) groups excluding carboxylic acids is 1. The molecule has 20 heavy (non-hydrogen) atoms. The number of piperidine rings is 1. The maximum absolute atomic E-state index is 12.0. The van der Waals surface area contributed by atoms with Crippen molar-refractivity contribution in [2.24, 2.45) is 5.73 Å². The predicted molar refractivity (Wildman–Crippen MR) is 83.0 cm³/mol. The van der Waals surface area contributed by atoms with Crippen LogP contribution in [0.25, 0.3) is 0 Å². The van der Waals surface area contributed by atoms with E-state index in [1.807, 2.05) is 18.2 Å². The van der Waals surface area contributed by atoms with Gasteiger partial charge in [-0.05, 0) is 31.5 Å². The first-order valence-corrected chi connectivity index (χ1v) is 7.57. The summed E-state index contributed by atoms with van der Waals surface area (Å²) in [5, 5.41) is 3.42. The molecule has 1 aromatic carbocycles. The second kappa shape index (κ2) is 7.62. The van der Waals surface area contributed by atoms with Crippen LogP contribution in [0.15, 0.2) is 24.3 Å². The summed E-state index contributed by atoms with van der Waals surface area (Å²) in [6, 6.07) is 7.71. The molecule has 110 valence electrons. The third-order valence-corrected chi connectivity index (χ3v) is 4.12. The molecule has 0 radical (unpaired) electrons. The SMILES string of the molecule is NCC1CCCCN1CCC(=O)Nc1ccccc1Cl. The predicted octanol–water partition coefficient (Wildman–Crippen LogP) is 2.48. The van der Waals surface area contributed by atoms with Gasteiger partial charge < -0.3 is 11.1 Å². The lowest BCUT2D eigenvalue weighted by molar-refractivity contribution is -0.116. The lowest BCUT2D eigenvalue weighted by atomic mass is 10.0. The first-order chi connectivity index (χ1) is 9.70. The smallest absolute Gasteiger partial charge is 0.225 e. The molecule has 1 aliphatic heterocycles. The number of benzene rings is 1. The van der Waals surface area contributed by atoms with Crippen molar-refractivity contribution in [3.05, 3.63) is 29.3 Å². The molecule has 1 heterocycles. The summed E-state index contributed by atoms with van der Waals surface area (Å²) in [6.07, 6.45) is 4.05. The summed E-state index contributed by atoms with van der Waals surface area (Å²) < 4.78 is 0. The Balaban J connectivity index is 1.81. The standard InChI is InChI=1S/C15H22ClN3O/c16-13-6-1-2-7-14(13)18-15(20)8-10-19-9-4-3-5-12(19)11-17/h1-2,6-7,12H,3-5,8-11,17H2,(H,18,20). The van der Waals surface area contributed by atoms with Crippen LogP contribution < -0.4 is 11.1 Å². The number of rotatable bonds is 5. The number of hydrogen-bond donors (Lipinski definition) is 2. The number of amides is 1. The zero-order valence-electron chi connectivity index (χ0n) is 11.6. The van der Waals surface area contributed by atoms with Gasteiger partial charge in [-0.25, -0.2) is 0 Å². The molecule has 1 amide bonds. The van der Waals surface area contributed by atoms with Crippen LogP contribution in [0.5, 0.6) is 0 Å². The highest BCUT2D eigenvalue weighted by molar-refractivity contribution is 6.33. The molecule has 0 saturated carbocycles. The molecule has 5 heteroatoms. The Labute approximate surface area is 125 Å². The zero-order chi connectivity index (χ0) is 14.4. The third-order valence-electron chi connectivity index (χ3n) is 3.80. The van der Waals surface area contributed by atoms with Crippen LogP contribution in [0.2, 0.25) is 5.02 Å². The minimum absolute atomic E-state index is 0.000514. The maximum atomic E-state index is 12.0. The van der Waals surface area contributed by atoms with E-state index in [4.69, 9.17) is 17.3 Å². The number of likely N-dealkylation sites (tertiary alicyclic amines) is 1. The van der Waals surface area contributed by atoms with Gasteiger partial charge in [-0.3, -0.25) is 9.69 Å². The van der Waals surface area contributed by atoms with E-state index in [9.17, 15) is 4.79 Å². The number of hydrogen-bond acceptors (Lipinski definition) is 3. The first kappa shape index (κ1) is 15.3. The van der Waals surface area contributed by atoms with Crippen molar-refractivity contribution in [3.63, 3.8) is 0 Å². The van der Waals surface area contributed by atoms with Crippen LogP contribution in [0.3, 0.4) is 0 Å². The van der Waals surface area contributed by atoms with Crippen LogP contribution >= 0.6 is 11.6 Å². The highest BCUT2D eigenvalue weighted by atomic mass is 35.5. The van der Waals surface area contributed by atoms with E-state index in [0.29, 0.717) is 29.7 Å². The molecule has 0 aromatic heterocycles. The topological polar surface area (TPSA) is 58.4 Å². The molecule has 2 rings (SSSR count). The summed E-state index contributed by atoms with van der Waals surface area (Å²) in [6.45, 7) is 2.48. The van der Waals surface area contributed by atoms with E-state index < -0.39 is 0 Å². The van der Waals surface area contributed by atoms with Crippen LogP contribution in [0.4, 0.5) is 5.69 Å².